The van der Waals surface area contributed by atoms with Crippen LogP contribution in [0.25, 0.3) is 0 Å². The molecule has 110 valence electrons. The Balaban J connectivity index is 1.90. The van der Waals surface area contributed by atoms with E-state index in [-0.39, 0.29) is 11.9 Å². The van der Waals surface area contributed by atoms with Crippen molar-refractivity contribution >= 4 is 23.2 Å². The highest BCUT2D eigenvalue weighted by molar-refractivity contribution is 6.31. The molecule has 3 N–H and O–H groups in total. The molecule has 0 aromatic heterocycles. The number of hydrogen-bond donors (Lipinski definition) is 2. The van der Waals surface area contributed by atoms with Crippen molar-refractivity contribution in [3.63, 3.8) is 0 Å². The van der Waals surface area contributed by atoms with Gasteiger partial charge < -0.3 is 11.1 Å². The van der Waals surface area contributed by atoms with Gasteiger partial charge >= 0.3 is 0 Å². The minimum atomic E-state index is -0.00718. The van der Waals surface area contributed by atoms with Crippen LogP contribution >= 0.6 is 11.6 Å². The zero-order valence-electron chi connectivity index (χ0n) is 12.0. The van der Waals surface area contributed by atoms with Crippen LogP contribution in [0.3, 0.4) is 0 Å². The number of piperidine rings is 1. The second-order valence-electron chi connectivity index (χ2n) is 5.62. The van der Waals surface area contributed by atoms with E-state index in [1.807, 2.05) is 19.1 Å². The molecule has 1 aliphatic rings. The van der Waals surface area contributed by atoms with E-state index in [0.717, 1.165) is 30.6 Å². The molecule has 4 nitrogen and oxygen atoms in total. The number of carbonyl (C=O) groups is 1. The van der Waals surface area contributed by atoms with Crippen molar-refractivity contribution in [2.45, 2.75) is 38.8 Å². The molecule has 2 unspecified atom stereocenters. The van der Waals surface area contributed by atoms with E-state index in [2.05, 4.69) is 17.1 Å². The Bertz CT molecular complexity index is 492. The lowest BCUT2D eigenvalue weighted by Crippen LogP contribution is -2.48. The van der Waals surface area contributed by atoms with Crippen LogP contribution < -0.4 is 11.1 Å². The zero-order valence-corrected chi connectivity index (χ0v) is 12.8. The number of nitrogens with two attached hydrogens (primary N) is 1. The Morgan fingerprint density at radius 3 is 2.95 bits per heavy atom. The first-order chi connectivity index (χ1) is 9.45. The Labute approximate surface area is 125 Å². The molecule has 0 radical (unpaired) electrons. The van der Waals surface area contributed by atoms with Crippen LogP contribution in [0.2, 0.25) is 5.02 Å². The quantitative estimate of drug-likeness (QED) is 0.900. The number of benzene rings is 1. The summed E-state index contributed by atoms with van der Waals surface area (Å²) in [5, 5.41) is 3.56. The summed E-state index contributed by atoms with van der Waals surface area (Å²) in [5.74, 6) is -0.00718. The molecule has 1 aromatic carbocycles. The number of anilines is 1. The van der Waals surface area contributed by atoms with E-state index in [9.17, 15) is 4.79 Å². The van der Waals surface area contributed by atoms with Crippen LogP contribution in [0.5, 0.6) is 0 Å². The van der Waals surface area contributed by atoms with Gasteiger partial charge in [0.15, 0.2) is 0 Å². The molecule has 0 spiro atoms. The van der Waals surface area contributed by atoms with Gasteiger partial charge in [0.1, 0.15) is 0 Å². The molecule has 20 heavy (non-hydrogen) atoms. The molecule has 5 heteroatoms. The standard InChI is InChI=1S/C15H22ClN3O/c1-10-3-4-13(8-14(10)16)18-15(20)9-19-6-5-12(17)7-11(19)2/h3-4,8,11-12H,5-7,9,17H2,1-2H3,(H,18,20). The molecule has 1 aromatic rings. The Hall–Kier alpha value is -1.10. The smallest absolute Gasteiger partial charge is 0.238 e. The summed E-state index contributed by atoms with van der Waals surface area (Å²) in [4.78, 5) is 14.3. The molecular formula is C15H22ClN3O. The highest BCUT2D eigenvalue weighted by atomic mass is 35.5. The van der Waals surface area contributed by atoms with Gasteiger partial charge in [0.05, 0.1) is 6.54 Å². The van der Waals surface area contributed by atoms with E-state index in [1.165, 1.54) is 0 Å². The summed E-state index contributed by atoms with van der Waals surface area (Å²) in [6.07, 6.45) is 1.90. The van der Waals surface area contributed by atoms with Gasteiger partial charge in [-0.05, 0) is 44.4 Å². The van der Waals surface area contributed by atoms with Crippen LogP contribution in [0.15, 0.2) is 18.2 Å². The molecule has 1 amide bonds. The number of rotatable bonds is 3. The van der Waals surface area contributed by atoms with E-state index < -0.39 is 0 Å². The lowest BCUT2D eigenvalue weighted by Gasteiger charge is -2.35. The van der Waals surface area contributed by atoms with Gasteiger partial charge in [0, 0.05) is 29.3 Å². The van der Waals surface area contributed by atoms with Gasteiger partial charge in [-0.2, -0.15) is 0 Å². The van der Waals surface area contributed by atoms with Gasteiger partial charge in [-0.1, -0.05) is 17.7 Å². The van der Waals surface area contributed by atoms with Crippen LogP contribution in [0.1, 0.15) is 25.3 Å². The maximum Gasteiger partial charge on any atom is 0.238 e. The Morgan fingerprint density at radius 1 is 1.55 bits per heavy atom. The number of nitrogens with one attached hydrogen (secondary N) is 1. The summed E-state index contributed by atoms with van der Waals surface area (Å²) in [7, 11) is 0. The van der Waals surface area contributed by atoms with Gasteiger partial charge in [-0.3, -0.25) is 9.69 Å². The minimum absolute atomic E-state index is 0.00718. The van der Waals surface area contributed by atoms with Gasteiger partial charge in [-0.25, -0.2) is 0 Å². The molecule has 0 aliphatic carbocycles. The van der Waals surface area contributed by atoms with Crippen molar-refractivity contribution in [3.8, 4) is 0 Å². The van der Waals surface area contributed by atoms with Crippen molar-refractivity contribution in [3.05, 3.63) is 28.8 Å². The average molecular weight is 296 g/mol. The van der Waals surface area contributed by atoms with Crippen LogP contribution in [-0.4, -0.2) is 36.0 Å². The second-order valence-corrected chi connectivity index (χ2v) is 6.02. The number of aryl methyl sites for hydroxylation is 1. The minimum Gasteiger partial charge on any atom is -0.328 e. The lowest BCUT2D eigenvalue weighted by atomic mass is 9.99. The maximum absolute atomic E-state index is 12.1. The SMILES string of the molecule is Cc1ccc(NC(=O)CN2CCC(N)CC2C)cc1Cl. The highest BCUT2D eigenvalue weighted by Crippen LogP contribution is 2.20. The van der Waals surface area contributed by atoms with Crippen LogP contribution in [0, 0.1) is 6.92 Å². The van der Waals surface area contributed by atoms with Crippen LogP contribution in [-0.2, 0) is 4.79 Å². The first kappa shape index (κ1) is 15.3. The van der Waals surface area contributed by atoms with Gasteiger partial charge in [-0.15, -0.1) is 0 Å². The zero-order chi connectivity index (χ0) is 14.7. The maximum atomic E-state index is 12.1. The largest absolute Gasteiger partial charge is 0.328 e. The number of hydrogen-bond acceptors (Lipinski definition) is 3. The number of nitrogens with zero attached hydrogens (tertiary/aromatic N) is 1. The van der Waals surface area contributed by atoms with Crippen molar-refractivity contribution in [2.75, 3.05) is 18.4 Å². The summed E-state index contributed by atoms with van der Waals surface area (Å²) < 4.78 is 0. The number of halogens is 1. The van der Waals surface area contributed by atoms with E-state index in [4.69, 9.17) is 17.3 Å². The number of likely N-dealkylation sites (tertiary alicyclic amines) is 1. The number of carbonyl (C=O) groups excluding carboxylic acids is 1. The van der Waals surface area contributed by atoms with E-state index in [1.54, 1.807) is 6.07 Å². The third-order valence-corrected chi connectivity index (χ3v) is 4.26. The monoisotopic (exact) mass is 295 g/mol. The molecular weight excluding hydrogens is 274 g/mol. The third-order valence-electron chi connectivity index (χ3n) is 3.86. The molecule has 1 heterocycles. The topological polar surface area (TPSA) is 58.4 Å². The molecule has 0 saturated carbocycles. The second kappa shape index (κ2) is 6.57. The number of amides is 1. The van der Waals surface area contributed by atoms with Crippen molar-refractivity contribution in [2.24, 2.45) is 5.73 Å². The molecule has 1 aliphatic heterocycles. The molecule has 2 rings (SSSR count). The normalized spacial score (nSPS) is 23.6. The van der Waals surface area contributed by atoms with Gasteiger partial charge in [0.2, 0.25) is 5.91 Å². The fraction of sp³-hybridized carbons (Fsp3) is 0.533. The lowest BCUT2D eigenvalue weighted by molar-refractivity contribution is -0.118. The molecule has 1 fully saturated rings. The first-order valence-electron chi connectivity index (χ1n) is 7.01. The third kappa shape index (κ3) is 3.95. The summed E-state index contributed by atoms with van der Waals surface area (Å²) in [6, 6.07) is 6.17. The predicted molar refractivity (Wildman–Crippen MR) is 83.1 cm³/mol. The summed E-state index contributed by atoms with van der Waals surface area (Å²) in [5.41, 5.74) is 7.68. The summed E-state index contributed by atoms with van der Waals surface area (Å²) in [6.45, 7) is 5.34. The molecule has 2 atom stereocenters. The fourth-order valence-electron chi connectivity index (χ4n) is 2.55. The van der Waals surface area contributed by atoms with Crippen molar-refractivity contribution < 1.29 is 4.79 Å². The highest BCUT2D eigenvalue weighted by Gasteiger charge is 2.24. The van der Waals surface area contributed by atoms with Crippen molar-refractivity contribution in [1.29, 1.82) is 0 Å². The fourth-order valence-corrected chi connectivity index (χ4v) is 2.73. The average Bonchev–Trinajstić information content (AvgIpc) is 2.37. The summed E-state index contributed by atoms with van der Waals surface area (Å²) >= 11 is 6.05. The van der Waals surface area contributed by atoms with E-state index >= 15 is 0 Å². The van der Waals surface area contributed by atoms with Gasteiger partial charge in [0.25, 0.3) is 0 Å². The van der Waals surface area contributed by atoms with Crippen LogP contribution in [0.4, 0.5) is 5.69 Å². The Kier molecular flexibility index (Phi) is 5.02. The van der Waals surface area contributed by atoms with Crippen molar-refractivity contribution in [1.82, 2.24) is 4.90 Å². The first-order valence-corrected chi connectivity index (χ1v) is 7.39. The Morgan fingerprint density at radius 2 is 2.30 bits per heavy atom. The molecule has 0 bridgehead atoms. The van der Waals surface area contributed by atoms with E-state index in [0.29, 0.717) is 17.6 Å². The molecule has 1 saturated heterocycles. The predicted octanol–water partition coefficient (Wildman–Crippen LogP) is 2.40.